The van der Waals surface area contributed by atoms with Crippen LogP contribution in [0.3, 0.4) is 0 Å². The Labute approximate surface area is 156 Å². The van der Waals surface area contributed by atoms with E-state index in [-0.39, 0.29) is 5.56 Å². The molecule has 0 saturated carbocycles. The molecule has 0 aliphatic rings. The van der Waals surface area contributed by atoms with Gasteiger partial charge in [-0.25, -0.2) is 4.79 Å². The van der Waals surface area contributed by atoms with Crippen molar-refractivity contribution in [2.24, 2.45) is 5.10 Å². The Hall–Kier alpha value is -2.95. The van der Waals surface area contributed by atoms with Crippen molar-refractivity contribution in [1.29, 1.82) is 0 Å². The van der Waals surface area contributed by atoms with E-state index in [1.165, 1.54) is 6.42 Å². The summed E-state index contributed by atoms with van der Waals surface area (Å²) in [7, 11) is 1.81. The van der Waals surface area contributed by atoms with Gasteiger partial charge in [-0.1, -0.05) is 52.8 Å². The molecule has 1 N–H and O–H groups in total. The molecule has 0 fully saturated rings. The normalized spacial score (nSPS) is 9.42. The highest BCUT2D eigenvalue weighted by atomic mass is 16.4. The van der Waals surface area contributed by atoms with Crippen molar-refractivity contribution in [3.8, 4) is 0 Å². The first-order valence-corrected chi connectivity index (χ1v) is 8.69. The fraction of sp³-hybridized carbons (Fsp3) is 0.286. The average molecular weight is 355 g/mol. The van der Waals surface area contributed by atoms with Gasteiger partial charge in [0, 0.05) is 13.2 Å². The Morgan fingerprint density at radius 2 is 1.73 bits per heavy atom. The van der Waals surface area contributed by atoms with Crippen molar-refractivity contribution in [1.82, 2.24) is 4.98 Å². The molecule has 1 aromatic heterocycles. The summed E-state index contributed by atoms with van der Waals surface area (Å²) in [5.41, 5.74) is 2.63. The zero-order valence-corrected chi connectivity index (χ0v) is 16.3. The zero-order valence-electron chi connectivity index (χ0n) is 16.3. The quantitative estimate of drug-likeness (QED) is 0.579. The van der Waals surface area contributed by atoms with Crippen LogP contribution in [0.5, 0.6) is 0 Å². The Bertz CT molecular complexity index is 680. The minimum Gasteiger partial charge on any atom is -0.478 e. The first-order chi connectivity index (χ1) is 12.5. The lowest BCUT2D eigenvalue weighted by Crippen LogP contribution is -2.08. The molecule has 2 aromatic rings. The van der Waals surface area contributed by atoms with Gasteiger partial charge >= 0.3 is 5.97 Å². The number of carboxylic acid groups (broad SMARTS) is 1. The number of hydrazone groups is 1. The SMILES string of the molecule is C=C(/C=N\N(C)c1cccnc1)c1ccc(C(=O)O)cc1.CC.CCC. The summed E-state index contributed by atoms with van der Waals surface area (Å²) in [6.45, 7) is 12.2. The molecule has 26 heavy (non-hydrogen) atoms. The number of allylic oxidation sites excluding steroid dienone is 1. The molecule has 0 spiro atoms. The van der Waals surface area contributed by atoms with Crippen LogP contribution in [-0.2, 0) is 0 Å². The van der Waals surface area contributed by atoms with Crippen LogP contribution in [0.1, 0.15) is 50.0 Å². The largest absolute Gasteiger partial charge is 0.478 e. The highest BCUT2D eigenvalue weighted by Gasteiger charge is 2.03. The van der Waals surface area contributed by atoms with Crippen molar-refractivity contribution < 1.29 is 9.90 Å². The van der Waals surface area contributed by atoms with E-state index in [9.17, 15) is 4.79 Å². The summed E-state index contributed by atoms with van der Waals surface area (Å²) in [6.07, 6.45) is 6.29. The van der Waals surface area contributed by atoms with E-state index in [1.54, 1.807) is 47.9 Å². The molecule has 0 atom stereocenters. The number of rotatable bonds is 5. The highest BCUT2D eigenvalue weighted by Crippen LogP contribution is 2.14. The van der Waals surface area contributed by atoms with E-state index < -0.39 is 5.97 Å². The maximum Gasteiger partial charge on any atom is 0.335 e. The second kappa shape index (κ2) is 13.4. The van der Waals surface area contributed by atoms with Gasteiger partial charge in [0.25, 0.3) is 0 Å². The minimum absolute atomic E-state index is 0.246. The van der Waals surface area contributed by atoms with Gasteiger partial charge in [0.15, 0.2) is 0 Å². The number of aromatic nitrogens is 1. The molecule has 0 amide bonds. The number of hydrogen-bond donors (Lipinski definition) is 1. The van der Waals surface area contributed by atoms with Gasteiger partial charge in [0.1, 0.15) is 0 Å². The molecule has 0 bridgehead atoms. The van der Waals surface area contributed by atoms with Crippen LogP contribution in [0.25, 0.3) is 5.57 Å². The number of hydrogen-bond acceptors (Lipinski definition) is 4. The van der Waals surface area contributed by atoms with Gasteiger partial charge in [0.2, 0.25) is 0 Å². The van der Waals surface area contributed by atoms with Crippen molar-refractivity contribution in [3.05, 3.63) is 66.5 Å². The van der Waals surface area contributed by atoms with Gasteiger partial charge in [-0.2, -0.15) is 5.10 Å². The van der Waals surface area contributed by atoms with Crippen LogP contribution in [0.15, 0.2) is 60.5 Å². The standard InChI is InChI=1S/C16H15N3O2.C3H8.C2H6/c1-12(13-5-7-14(8-6-13)16(20)21)10-18-19(2)15-4-3-9-17-11-15;1-3-2;1-2/h3-11H,1H2,2H3,(H,20,21);3H2,1-2H3;1-2H3/b18-10-;;. The van der Waals surface area contributed by atoms with Crippen molar-refractivity contribution in [2.75, 3.05) is 12.1 Å². The fourth-order valence-corrected chi connectivity index (χ4v) is 1.67. The first-order valence-electron chi connectivity index (χ1n) is 8.69. The lowest BCUT2D eigenvalue weighted by Gasteiger charge is -2.12. The Morgan fingerprint density at radius 1 is 1.19 bits per heavy atom. The van der Waals surface area contributed by atoms with Crippen LogP contribution in [-0.4, -0.2) is 29.3 Å². The van der Waals surface area contributed by atoms with E-state index in [4.69, 9.17) is 5.11 Å². The molecule has 0 aliphatic heterocycles. The summed E-state index contributed by atoms with van der Waals surface area (Å²) in [6, 6.07) is 10.2. The van der Waals surface area contributed by atoms with Gasteiger partial charge in [-0.3, -0.25) is 9.99 Å². The second-order valence-electron chi connectivity index (χ2n) is 5.09. The van der Waals surface area contributed by atoms with Crippen molar-refractivity contribution in [2.45, 2.75) is 34.1 Å². The monoisotopic (exact) mass is 355 g/mol. The molecule has 2 rings (SSSR count). The summed E-state index contributed by atoms with van der Waals surface area (Å²) in [4.78, 5) is 14.8. The van der Waals surface area contributed by atoms with Gasteiger partial charge in [-0.05, 0) is 35.4 Å². The molecule has 0 saturated heterocycles. The molecule has 5 nitrogen and oxygen atoms in total. The summed E-state index contributed by atoms with van der Waals surface area (Å²) >= 11 is 0. The van der Waals surface area contributed by atoms with Crippen molar-refractivity contribution in [3.63, 3.8) is 0 Å². The molecule has 0 aliphatic carbocycles. The third kappa shape index (κ3) is 8.24. The third-order valence-corrected chi connectivity index (χ3v) is 2.91. The number of benzene rings is 1. The molecular weight excluding hydrogens is 326 g/mol. The van der Waals surface area contributed by atoms with Crippen LogP contribution >= 0.6 is 0 Å². The maximum atomic E-state index is 10.8. The van der Waals surface area contributed by atoms with Crippen molar-refractivity contribution >= 4 is 23.4 Å². The molecule has 5 heteroatoms. The van der Waals surface area contributed by atoms with Crippen LogP contribution < -0.4 is 5.01 Å². The van der Waals surface area contributed by atoms with Gasteiger partial charge < -0.3 is 5.11 Å². The number of carbonyl (C=O) groups is 1. The van der Waals surface area contributed by atoms with Crippen LogP contribution in [0.4, 0.5) is 5.69 Å². The molecule has 0 radical (unpaired) electrons. The maximum absolute atomic E-state index is 10.8. The van der Waals surface area contributed by atoms with E-state index in [0.29, 0.717) is 5.57 Å². The van der Waals surface area contributed by atoms with E-state index in [0.717, 1.165) is 11.3 Å². The molecule has 140 valence electrons. The topological polar surface area (TPSA) is 65.8 Å². The predicted octanol–water partition coefficient (Wildman–Crippen LogP) is 5.36. The summed E-state index contributed by atoms with van der Waals surface area (Å²) < 4.78 is 0. The number of nitrogens with zero attached hydrogens (tertiary/aromatic N) is 3. The van der Waals surface area contributed by atoms with Crippen LogP contribution in [0, 0.1) is 0 Å². The summed E-state index contributed by atoms with van der Waals surface area (Å²) in [5.74, 6) is -0.947. The van der Waals surface area contributed by atoms with Crippen LogP contribution in [0.2, 0.25) is 0 Å². The van der Waals surface area contributed by atoms with E-state index >= 15 is 0 Å². The fourth-order valence-electron chi connectivity index (χ4n) is 1.67. The average Bonchev–Trinajstić information content (AvgIpc) is 2.68. The molecule has 1 aromatic carbocycles. The Morgan fingerprint density at radius 3 is 2.19 bits per heavy atom. The number of carboxylic acids is 1. The molecule has 1 heterocycles. The van der Waals surface area contributed by atoms with Gasteiger partial charge in [-0.15, -0.1) is 0 Å². The molecule has 0 unspecified atom stereocenters. The first kappa shape index (κ1) is 23.1. The van der Waals surface area contributed by atoms with E-state index in [2.05, 4.69) is 30.5 Å². The summed E-state index contributed by atoms with van der Waals surface area (Å²) in [5, 5.41) is 14.8. The smallest absolute Gasteiger partial charge is 0.335 e. The lowest BCUT2D eigenvalue weighted by molar-refractivity contribution is 0.0697. The van der Waals surface area contributed by atoms with Gasteiger partial charge in [0.05, 0.1) is 23.7 Å². The second-order valence-corrected chi connectivity index (χ2v) is 5.09. The number of aromatic carboxylic acids is 1. The number of pyridine rings is 1. The molecular formula is C21H29N3O2. The Kier molecular flexibility index (Phi) is 11.8. The minimum atomic E-state index is -0.947. The highest BCUT2D eigenvalue weighted by molar-refractivity contribution is 6.09. The number of anilines is 1. The zero-order chi connectivity index (χ0) is 19.9. The third-order valence-electron chi connectivity index (χ3n) is 2.91. The predicted molar refractivity (Wildman–Crippen MR) is 111 cm³/mol. The lowest BCUT2D eigenvalue weighted by atomic mass is 10.1. The Balaban J connectivity index is 0.00000113. The van der Waals surface area contributed by atoms with E-state index in [1.807, 2.05) is 33.0 Å².